The van der Waals surface area contributed by atoms with Crippen LogP contribution in [-0.2, 0) is 0 Å². The van der Waals surface area contributed by atoms with Crippen molar-refractivity contribution in [2.75, 3.05) is 18.4 Å². The molecule has 4 rings (SSSR count). The molecular formula is C18H14Cl2N2O2. The second-order valence-corrected chi connectivity index (χ2v) is 6.49. The second kappa shape index (κ2) is 6.13. The van der Waals surface area contributed by atoms with E-state index in [4.69, 9.17) is 27.6 Å². The first-order valence-electron chi connectivity index (χ1n) is 7.65. The Balaban J connectivity index is 1.70. The van der Waals surface area contributed by atoms with E-state index in [-0.39, 0.29) is 5.91 Å². The molecule has 6 heteroatoms. The van der Waals surface area contributed by atoms with Crippen molar-refractivity contribution in [2.24, 2.45) is 0 Å². The monoisotopic (exact) mass is 360 g/mol. The molecular weight excluding hydrogens is 347 g/mol. The van der Waals surface area contributed by atoms with E-state index in [2.05, 4.69) is 16.7 Å². The number of nitrogens with one attached hydrogen (secondary N) is 2. The minimum Gasteiger partial charge on any atom is -0.456 e. The Hall–Kier alpha value is -2.01. The van der Waals surface area contributed by atoms with Gasteiger partial charge in [0.1, 0.15) is 11.2 Å². The summed E-state index contributed by atoms with van der Waals surface area (Å²) in [4.78, 5) is 12.8. The molecule has 2 N–H and O–H groups in total. The normalized spacial score (nSPS) is 14.8. The number of benzene rings is 2. The molecule has 0 saturated carbocycles. The molecule has 0 spiro atoms. The molecule has 1 amide bonds. The number of carbonyl (C=O) groups is 1. The number of rotatable bonds is 3. The fourth-order valence-corrected chi connectivity index (χ4v) is 3.31. The lowest BCUT2D eigenvalue weighted by atomic mass is 9.95. The summed E-state index contributed by atoms with van der Waals surface area (Å²) in [5, 5.41) is 7.00. The first-order valence-corrected chi connectivity index (χ1v) is 8.40. The Kier molecular flexibility index (Phi) is 3.96. The van der Waals surface area contributed by atoms with E-state index in [0.717, 1.165) is 36.2 Å². The molecule has 1 aliphatic heterocycles. The minimum absolute atomic E-state index is 0.211. The van der Waals surface area contributed by atoms with Gasteiger partial charge in [-0.15, -0.1) is 0 Å². The van der Waals surface area contributed by atoms with E-state index >= 15 is 0 Å². The van der Waals surface area contributed by atoms with Crippen LogP contribution in [0.1, 0.15) is 22.3 Å². The zero-order valence-corrected chi connectivity index (χ0v) is 14.2. The number of hydrogen-bond donors (Lipinski definition) is 2. The smallest absolute Gasteiger partial charge is 0.260 e. The summed E-state index contributed by atoms with van der Waals surface area (Å²) in [5.41, 5.74) is 4.55. The van der Waals surface area contributed by atoms with Crippen molar-refractivity contribution in [3.63, 3.8) is 0 Å². The van der Waals surface area contributed by atoms with Gasteiger partial charge in [-0.05, 0) is 48.9 Å². The molecule has 1 aliphatic rings. The van der Waals surface area contributed by atoms with Crippen LogP contribution in [0.4, 0.5) is 5.69 Å². The molecule has 24 heavy (non-hydrogen) atoms. The van der Waals surface area contributed by atoms with Crippen molar-refractivity contribution in [3.05, 3.63) is 57.6 Å². The summed E-state index contributed by atoms with van der Waals surface area (Å²) in [6.45, 7) is 1.69. The van der Waals surface area contributed by atoms with Crippen LogP contribution < -0.4 is 10.6 Å². The van der Waals surface area contributed by atoms with Gasteiger partial charge in [0, 0.05) is 17.8 Å². The molecule has 3 heterocycles. The van der Waals surface area contributed by atoms with Crippen LogP contribution in [0.3, 0.4) is 0 Å². The van der Waals surface area contributed by atoms with Crippen molar-refractivity contribution in [1.29, 1.82) is 0 Å². The van der Waals surface area contributed by atoms with Gasteiger partial charge in [0.15, 0.2) is 0 Å². The summed E-state index contributed by atoms with van der Waals surface area (Å²) in [6, 6.07) is 8.74. The largest absolute Gasteiger partial charge is 0.456 e. The SMILES string of the molecule is O=C(Nc1ccc(Cl)c(Cl)c1)c1c(C2=CCNCC2)c2ccc1o2. The van der Waals surface area contributed by atoms with Gasteiger partial charge in [0.25, 0.3) is 5.91 Å². The van der Waals surface area contributed by atoms with Gasteiger partial charge in [0.05, 0.1) is 15.6 Å². The van der Waals surface area contributed by atoms with E-state index in [1.165, 1.54) is 0 Å². The van der Waals surface area contributed by atoms with Gasteiger partial charge in [-0.1, -0.05) is 29.3 Å². The van der Waals surface area contributed by atoms with Crippen LogP contribution in [0.2, 0.25) is 10.0 Å². The third-order valence-corrected chi connectivity index (χ3v) is 4.88. The molecule has 3 aromatic rings. The molecule has 4 nitrogen and oxygen atoms in total. The lowest BCUT2D eigenvalue weighted by molar-refractivity contribution is 0.102. The van der Waals surface area contributed by atoms with Crippen LogP contribution in [0.15, 0.2) is 40.8 Å². The van der Waals surface area contributed by atoms with Crippen LogP contribution >= 0.6 is 23.2 Å². The maximum atomic E-state index is 12.8. The highest BCUT2D eigenvalue weighted by Gasteiger charge is 2.25. The Morgan fingerprint density at radius 3 is 2.71 bits per heavy atom. The molecule has 122 valence electrons. The van der Waals surface area contributed by atoms with Crippen LogP contribution in [0.5, 0.6) is 0 Å². The lowest BCUT2D eigenvalue weighted by Crippen LogP contribution is -2.21. The fourth-order valence-electron chi connectivity index (χ4n) is 3.01. The highest BCUT2D eigenvalue weighted by Crippen LogP contribution is 2.36. The number of carbonyl (C=O) groups excluding carboxylic acids is 1. The summed E-state index contributed by atoms with van der Waals surface area (Å²) < 4.78 is 5.73. The van der Waals surface area contributed by atoms with E-state index < -0.39 is 0 Å². The first-order chi connectivity index (χ1) is 11.6. The Labute approximate surface area is 148 Å². The number of anilines is 1. The Bertz CT molecular complexity index is 946. The molecule has 0 aliphatic carbocycles. The predicted octanol–water partition coefficient (Wildman–Crippen LogP) is 4.81. The Morgan fingerprint density at radius 2 is 1.96 bits per heavy atom. The van der Waals surface area contributed by atoms with Gasteiger partial charge in [0.2, 0.25) is 0 Å². The molecule has 0 fully saturated rings. The summed E-state index contributed by atoms with van der Waals surface area (Å²) in [7, 11) is 0. The van der Waals surface area contributed by atoms with Crippen LogP contribution in [0, 0.1) is 0 Å². The fraction of sp³-hybridized carbons (Fsp3) is 0.167. The van der Waals surface area contributed by atoms with Gasteiger partial charge >= 0.3 is 0 Å². The quantitative estimate of drug-likeness (QED) is 0.704. The van der Waals surface area contributed by atoms with Crippen molar-refractivity contribution >= 4 is 51.5 Å². The molecule has 0 saturated heterocycles. The number of furan rings is 2. The molecule has 2 aromatic heterocycles. The zero-order chi connectivity index (χ0) is 16.7. The molecule has 0 unspecified atom stereocenters. The number of amides is 1. The summed E-state index contributed by atoms with van der Waals surface area (Å²) in [5.74, 6) is -0.211. The van der Waals surface area contributed by atoms with Gasteiger partial charge in [-0.25, -0.2) is 0 Å². The molecule has 0 radical (unpaired) electrons. The molecule has 0 atom stereocenters. The third kappa shape index (κ3) is 2.67. The summed E-state index contributed by atoms with van der Waals surface area (Å²) >= 11 is 11.9. The number of hydrogen-bond acceptors (Lipinski definition) is 3. The number of halogens is 2. The zero-order valence-electron chi connectivity index (χ0n) is 12.7. The molecule has 1 aromatic carbocycles. The van der Waals surface area contributed by atoms with Crippen molar-refractivity contribution in [2.45, 2.75) is 6.42 Å². The maximum Gasteiger partial charge on any atom is 0.260 e. The number of fused-ring (bicyclic) bond motifs is 2. The van der Waals surface area contributed by atoms with Gasteiger partial charge in [-0.2, -0.15) is 0 Å². The van der Waals surface area contributed by atoms with E-state index in [1.54, 1.807) is 18.2 Å². The van der Waals surface area contributed by atoms with Crippen LogP contribution in [0.25, 0.3) is 16.7 Å². The van der Waals surface area contributed by atoms with Crippen molar-refractivity contribution in [1.82, 2.24) is 5.32 Å². The molecule has 2 bridgehead atoms. The third-order valence-electron chi connectivity index (χ3n) is 4.14. The minimum atomic E-state index is -0.211. The predicted molar refractivity (Wildman–Crippen MR) is 97.3 cm³/mol. The highest BCUT2D eigenvalue weighted by atomic mass is 35.5. The highest BCUT2D eigenvalue weighted by molar-refractivity contribution is 6.42. The van der Waals surface area contributed by atoms with Crippen molar-refractivity contribution < 1.29 is 9.21 Å². The second-order valence-electron chi connectivity index (χ2n) is 5.68. The van der Waals surface area contributed by atoms with E-state index in [9.17, 15) is 4.79 Å². The van der Waals surface area contributed by atoms with E-state index in [0.29, 0.717) is 26.9 Å². The summed E-state index contributed by atoms with van der Waals surface area (Å²) in [6.07, 6.45) is 2.98. The van der Waals surface area contributed by atoms with Crippen LogP contribution in [-0.4, -0.2) is 19.0 Å². The Morgan fingerprint density at radius 1 is 1.12 bits per heavy atom. The van der Waals surface area contributed by atoms with E-state index in [1.807, 2.05) is 12.1 Å². The lowest BCUT2D eigenvalue weighted by Gasteiger charge is -2.15. The average molecular weight is 361 g/mol. The first kappa shape index (κ1) is 15.5. The van der Waals surface area contributed by atoms with Gasteiger partial charge in [-0.3, -0.25) is 4.79 Å². The maximum absolute atomic E-state index is 12.8. The standard InChI is InChI=1S/C18H14Cl2N2O2/c19-12-2-1-11(9-13(12)20)22-18(23)17-15-4-3-14(24-15)16(17)10-5-7-21-8-6-10/h1-5,9,21H,6-8H2,(H,22,23). The van der Waals surface area contributed by atoms with Gasteiger partial charge < -0.3 is 15.1 Å². The van der Waals surface area contributed by atoms with Crippen molar-refractivity contribution in [3.8, 4) is 0 Å². The topological polar surface area (TPSA) is 54.3 Å². The average Bonchev–Trinajstić information content (AvgIpc) is 3.20.